The fourth-order valence-corrected chi connectivity index (χ4v) is 3.38. The number of hydrogen-bond acceptors (Lipinski definition) is 5. The van der Waals surface area contributed by atoms with Crippen LogP contribution in [0.4, 0.5) is 4.79 Å². The zero-order chi connectivity index (χ0) is 13.8. The normalized spacial score (nSPS) is 25.4. The molecule has 2 aliphatic heterocycles. The molecule has 0 bridgehead atoms. The van der Waals surface area contributed by atoms with E-state index in [0.717, 1.165) is 25.8 Å². The summed E-state index contributed by atoms with van der Waals surface area (Å²) in [6.45, 7) is 2.95. The maximum atomic E-state index is 12.0. The van der Waals surface area contributed by atoms with Gasteiger partial charge in [0.05, 0.1) is 0 Å². The first-order valence-corrected chi connectivity index (χ1v) is 7.49. The van der Waals surface area contributed by atoms with Crippen molar-refractivity contribution in [1.29, 1.82) is 0 Å². The first-order valence-electron chi connectivity index (χ1n) is 6.44. The fourth-order valence-electron chi connectivity index (χ4n) is 2.19. The van der Waals surface area contributed by atoms with Gasteiger partial charge in [-0.05, 0) is 19.0 Å². The molecule has 0 aromatic heterocycles. The van der Waals surface area contributed by atoms with Crippen LogP contribution in [0.5, 0.6) is 0 Å². The molecule has 106 valence electrons. The van der Waals surface area contributed by atoms with Crippen LogP contribution in [-0.2, 0) is 9.53 Å². The van der Waals surface area contributed by atoms with Gasteiger partial charge in [-0.25, -0.2) is 4.79 Å². The third kappa shape index (κ3) is 3.03. The van der Waals surface area contributed by atoms with E-state index in [0.29, 0.717) is 5.75 Å². The molecule has 1 unspecified atom stereocenters. The summed E-state index contributed by atoms with van der Waals surface area (Å²) in [5, 5.41) is 11.8. The standard InChI is InChI=1S/C12H18N2O4S/c1-2-3-4-6-13-9-10(15)14-8(18-12(16)17)5-7-19-11(9)14/h5,9,11,13H,2-4,6-7H2,1H3,(H,16,17)/t9?,11-/m0/s1. The molecule has 1 amide bonds. The average molecular weight is 286 g/mol. The molecule has 2 aliphatic rings. The number of β-lactam (4-membered cyclic amide) rings is 1. The first kappa shape index (κ1) is 14.2. The number of amides is 1. The number of nitrogens with zero attached hydrogens (tertiary/aromatic N) is 1. The SMILES string of the molecule is CCCCCNC1C(=O)N2C(OC(=O)O)=CCS[C@@H]12. The number of ether oxygens (including phenoxy) is 1. The fraction of sp³-hybridized carbons (Fsp3) is 0.667. The molecule has 2 heterocycles. The minimum Gasteiger partial charge on any atom is -0.449 e. The van der Waals surface area contributed by atoms with Gasteiger partial charge < -0.3 is 15.2 Å². The van der Waals surface area contributed by atoms with Crippen LogP contribution >= 0.6 is 11.8 Å². The van der Waals surface area contributed by atoms with Crippen LogP contribution in [0.15, 0.2) is 12.0 Å². The van der Waals surface area contributed by atoms with Gasteiger partial charge in [0, 0.05) is 5.75 Å². The quantitative estimate of drug-likeness (QED) is 0.438. The summed E-state index contributed by atoms with van der Waals surface area (Å²) in [4.78, 5) is 24.0. The van der Waals surface area contributed by atoms with E-state index in [1.807, 2.05) is 0 Å². The van der Waals surface area contributed by atoms with Crippen LogP contribution in [0.3, 0.4) is 0 Å². The van der Waals surface area contributed by atoms with Crippen LogP contribution in [0.2, 0.25) is 0 Å². The summed E-state index contributed by atoms with van der Waals surface area (Å²) in [7, 11) is 0. The number of rotatable bonds is 6. The van der Waals surface area contributed by atoms with E-state index in [1.54, 1.807) is 17.8 Å². The van der Waals surface area contributed by atoms with Crippen molar-refractivity contribution >= 4 is 23.8 Å². The molecule has 0 aliphatic carbocycles. The summed E-state index contributed by atoms with van der Waals surface area (Å²) in [6.07, 6.45) is 3.57. The number of unbranched alkanes of at least 4 members (excludes halogenated alkanes) is 2. The Bertz CT molecular complexity index is 399. The largest absolute Gasteiger partial charge is 0.512 e. The maximum Gasteiger partial charge on any atom is 0.512 e. The lowest BCUT2D eigenvalue weighted by molar-refractivity contribution is -0.146. The molecule has 1 fully saturated rings. The number of carbonyl (C=O) groups is 2. The molecule has 0 spiro atoms. The predicted molar refractivity (Wildman–Crippen MR) is 71.6 cm³/mol. The van der Waals surface area contributed by atoms with Gasteiger partial charge >= 0.3 is 6.16 Å². The molecule has 1 saturated heterocycles. The monoisotopic (exact) mass is 286 g/mol. The van der Waals surface area contributed by atoms with Gasteiger partial charge in [0.25, 0.3) is 5.91 Å². The molecule has 2 atom stereocenters. The van der Waals surface area contributed by atoms with Gasteiger partial charge in [-0.2, -0.15) is 0 Å². The van der Waals surface area contributed by atoms with Crippen LogP contribution < -0.4 is 5.32 Å². The highest BCUT2D eigenvalue weighted by Crippen LogP contribution is 2.37. The third-order valence-electron chi connectivity index (χ3n) is 3.14. The van der Waals surface area contributed by atoms with E-state index in [4.69, 9.17) is 5.11 Å². The Kier molecular flexibility index (Phi) is 4.71. The topological polar surface area (TPSA) is 78.9 Å². The smallest absolute Gasteiger partial charge is 0.449 e. The molecule has 0 saturated carbocycles. The highest BCUT2D eigenvalue weighted by Gasteiger charge is 2.51. The van der Waals surface area contributed by atoms with Crippen molar-refractivity contribution in [3.63, 3.8) is 0 Å². The Morgan fingerprint density at radius 2 is 2.42 bits per heavy atom. The second-order valence-corrected chi connectivity index (χ2v) is 5.63. The van der Waals surface area contributed by atoms with Crippen LogP contribution in [0.1, 0.15) is 26.2 Å². The molecule has 19 heavy (non-hydrogen) atoms. The number of carboxylic acid groups (broad SMARTS) is 1. The van der Waals surface area contributed by atoms with Gasteiger partial charge in [0.2, 0.25) is 5.88 Å². The van der Waals surface area contributed by atoms with Crippen LogP contribution in [0.25, 0.3) is 0 Å². The Hall–Kier alpha value is -1.21. The number of fused-ring (bicyclic) bond motifs is 1. The average Bonchev–Trinajstić information content (AvgIpc) is 2.37. The Morgan fingerprint density at radius 3 is 3.11 bits per heavy atom. The molecular formula is C12H18N2O4S. The lowest BCUT2D eigenvalue weighted by Crippen LogP contribution is -2.69. The minimum absolute atomic E-state index is 0.0477. The van der Waals surface area contributed by atoms with Crippen molar-refractivity contribution in [2.75, 3.05) is 12.3 Å². The highest BCUT2D eigenvalue weighted by atomic mass is 32.2. The summed E-state index contributed by atoms with van der Waals surface area (Å²) in [6, 6.07) is -0.219. The number of nitrogens with one attached hydrogen (secondary N) is 1. The number of hydrogen-bond donors (Lipinski definition) is 2. The highest BCUT2D eigenvalue weighted by molar-refractivity contribution is 8.00. The van der Waals surface area contributed by atoms with E-state index >= 15 is 0 Å². The molecule has 0 aromatic rings. The molecule has 6 nitrogen and oxygen atoms in total. The van der Waals surface area contributed by atoms with Gasteiger partial charge in [0.1, 0.15) is 11.4 Å². The molecular weight excluding hydrogens is 268 g/mol. The number of carbonyl (C=O) groups excluding carboxylic acids is 1. The van der Waals surface area contributed by atoms with E-state index in [2.05, 4.69) is 17.0 Å². The van der Waals surface area contributed by atoms with Crippen LogP contribution in [0, 0.1) is 0 Å². The Morgan fingerprint density at radius 1 is 1.63 bits per heavy atom. The Balaban J connectivity index is 1.87. The van der Waals surface area contributed by atoms with E-state index in [1.165, 1.54) is 4.90 Å². The van der Waals surface area contributed by atoms with Gasteiger partial charge in [-0.1, -0.05) is 19.8 Å². The second-order valence-electron chi connectivity index (χ2n) is 4.48. The van der Waals surface area contributed by atoms with E-state index in [-0.39, 0.29) is 23.2 Å². The minimum atomic E-state index is -1.39. The van der Waals surface area contributed by atoms with Crippen molar-refractivity contribution in [3.05, 3.63) is 12.0 Å². The lowest BCUT2D eigenvalue weighted by Gasteiger charge is -2.48. The predicted octanol–water partition coefficient (Wildman–Crippen LogP) is 1.59. The Labute approximate surface area is 116 Å². The van der Waals surface area contributed by atoms with Crippen molar-refractivity contribution in [1.82, 2.24) is 10.2 Å². The van der Waals surface area contributed by atoms with Crippen molar-refractivity contribution in [2.24, 2.45) is 0 Å². The van der Waals surface area contributed by atoms with Crippen molar-refractivity contribution in [2.45, 2.75) is 37.6 Å². The summed E-state index contributed by atoms with van der Waals surface area (Å²) in [5.41, 5.74) is 0. The van der Waals surface area contributed by atoms with Crippen molar-refractivity contribution in [3.8, 4) is 0 Å². The zero-order valence-corrected chi connectivity index (χ0v) is 11.6. The third-order valence-corrected chi connectivity index (χ3v) is 4.33. The molecule has 0 aromatic carbocycles. The summed E-state index contributed by atoms with van der Waals surface area (Å²) < 4.78 is 4.63. The maximum absolute atomic E-state index is 12.0. The summed E-state index contributed by atoms with van der Waals surface area (Å²) in [5.74, 6) is 0.693. The molecule has 2 rings (SSSR count). The molecule has 0 radical (unpaired) electrons. The second kappa shape index (κ2) is 6.29. The van der Waals surface area contributed by atoms with Gasteiger partial charge in [-0.15, -0.1) is 11.8 Å². The molecule has 2 N–H and O–H groups in total. The summed E-state index contributed by atoms with van der Waals surface area (Å²) >= 11 is 1.61. The van der Waals surface area contributed by atoms with Crippen LogP contribution in [-0.4, -0.2) is 45.8 Å². The van der Waals surface area contributed by atoms with Gasteiger partial charge in [0.15, 0.2) is 0 Å². The molecule has 7 heteroatoms. The number of thioether (sulfide) groups is 1. The first-order chi connectivity index (χ1) is 9.15. The zero-order valence-electron chi connectivity index (χ0n) is 10.8. The van der Waals surface area contributed by atoms with E-state index < -0.39 is 6.16 Å². The lowest BCUT2D eigenvalue weighted by atomic mass is 10.1. The van der Waals surface area contributed by atoms with Crippen molar-refractivity contribution < 1.29 is 19.4 Å². The van der Waals surface area contributed by atoms with E-state index in [9.17, 15) is 9.59 Å². The van der Waals surface area contributed by atoms with Gasteiger partial charge in [-0.3, -0.25) is 9.69 Å².